The molecule has 3 nitrogen and oxygen atoms in total. The standard InChI is InChI=1S/C16H21N3/c1-11-14(16-17-8-9-18-16)10-12-4-2-3-5-15(12)19(11)13-6-7-13/h2-5,11,13-14H,6-10H2,1H3,(H,17,18). The normalized spacial score (nSPS) is 29.7. The third kappa shape index (κ3) is 1.83. The summed E-state index contributed by atoms with van der Waals surface area (Å²) in [4.78, 5) is 7.33. The zero-order valence-electron chi connectivity index (χ0n) is 11.5. The van der Waals surface area contributed by atoms with Crippen molar-refractivity contribution in [2.45, 2.75) is 38.3 Å². The van der Waals surface area contributed by atoms with Gasteiger partial charge in [-0.2, -0.15) is 0 Å². The summed E-state index contributed by atoms with van der Waals surface area (Å²) in [5, 5.41) is 3.49. The summed E-state index contributed by atoms with van der Waals surface area (Å²) in [6.07, 6.45) is 3.84. The van der Waals surface area contributed by atoms with Gasteiger partial charge in [0.2, 0.25) is 0 Å². The molecule has 4 rings (SSSR count). The average Bonchev–Trinajstić information content (AvgIpc) is 3.12. The second kappa shape index (κ2) is 4.26. The highest BCUT2D eigenvalue weighted by atomic mass is 15.2. The predicted molar refractivity (Wildman–Crippen MR) is 78.9 cm³/mol. The van der Waals surface area contributed by atoms with Gasteiger partial charge in [-0.05, 0) is 37.8 Å². The molecule has 0 saturated heterocycles. The van der Waals surface area contributed by atoms with Crippen LogP contribution in [0.15, 0.2) is 29.3 Å². The molecule has 0 aromatic heterocycles. The largest absolute Gasteiger partial charge is 0.372 e. The Labute approximate surface area is 114 Å². The zero-order chi connectivity index (χ0) is 12.8. The highest BCUT2D eigenvalue weighted by Gasteiger charge is 2.41. The van der Waals surface area contributed by atoms with Crippen molar-refractivity contribution in [2.75, 3.05) is 18.0 Å². The van der Waals surface area contributed by atoms with E-state index in [2.05, 4.69) is 46.4 Å². The fraction of sp³-hybridized carbons (Fsp3) is 0.562. The van der Waals surface area contributed by atoms with Gasteiger partial charge in [-0.15, -0.1) is 0 Å². The molecule has 1 saturated carbocycles. The van der Waals surface area contributed by atoms with Crippen LogP contribution in [0, 0.1) is 5.92 Å². The number of nitrogens with zero attached hydrogens (tertiary/aromatic N) is 2. The van der Waals surface area contributed by atoms with Crippen LogP contribution in [0.3, 0.4) is 0 Å². The molecule has 0 amide bonds. The summed E-state index contributed by atoms with van der Waals surface area (Å²) >= 11 is 0. The number of benzene rings is 1. The lowest BCUT2D eigenvalue weighted by Crippen LogP contribution is -2.49. The van der Waals surface area contributed by atoms with Gasteiger partial charge in [0.1, 0.15) is 5.84 Å². The van der Waals surface area contributed by atoms with E-state index in [0.29, 0.717) is 12.0 Å². The third-order valence-electron chi connectivity index (χ3n) is 4.72. The van der Waals surface area contributed by atoms with Crippen LogP contribution in [0.1, 0.15) is 25.3 Å². The molecule has 0 spiro atoms. The molecule has 1 fully saturated rings. The number of aliphatic imine (C=N–C) groups is 1. The first kappa shape index (κ1) is 11.3. The van der Waals surface area contributed by atoms with Crippen molar-refractivity contribution in [3.63, 3.8) is 0 Å². The van der Waals surface area contributed by atoms with E-state index >= 15 is 0 Å². The van der Waals surface area contributed by atoms with Crippen molar-refractivity contribution in [1.82, 2.24) is 5.32 Å². The lowest BCUT2D eigenvalue weighted by Gasteiger charge is -2.42. The molecule has 19 heavy (non-hydrogen) atoms. The third-order valence-corrected chi connectivity index (χ3v) is 4.72. The summed E-state index contributed by atoms with van der Waals surface area (Å²) in [5.74, 6) is 1.78. The smallest absolute Gasteiger partial charge is 0.102 e. The van der Waals surface area contributed by atoms with Crippen LogP contribution in [0.4, 0.5) is 5.69 Å². The number of hydrogen-bond donors (Lipinski definition) is 1. The van der Waals surface area contributed by atoms with Gasteiger partial charge in [-0.25, -0.2) is 0 Å². The van der Waals surface area contributed by atoms with Crippen LogP contribution in [0.2, 0.25) is 0 Å². The molecule has 3 aliphatic rings. The molecular formula is C16H21N3. The molecule has 100 valence electrons. The number of para-hydroxylation sites is 1. The minimum absolute atomic E-state index is 0.540. The van der Waals surface area contributed by atoms with Crippen LogP contribution < -0.4 is 10.2 Å². The van der Waals surface area contributed by atoms with Gasteiger partial charge in [0.25, 0.3) is 0 Å². The van der Waals surface area contributed by atoms with E-state index in [1.807, 2.05) is 0 Å². The lowest BCUT2D eigenvalue weighted by molar-refractivity contribution is 0.479. The van der Waals surface area contributed by atoms with Gasteiger partial charge in [0, 0.05) is 30.2 Å². The van der Waals surface area contributed by atoms with Crippen LogP contribution in [0.25, 0.3) is 0 Å². The Morgan fingerprint density at radius 1 is 1.26 bits per heavy atom. The van der Waals surface area contributed by atoms with Crippen molar-refractivity contribution in [1.29, 1.82) is 0 Å². The maximum absolute atomic E-state index is 4.68. The Balaban J connectivity index is 1.73. The fourth-order valence-corrected chi connectivity index (χ4v) is 3.63. The van der Waals surface area contributed by atoms with Gasteiger partial charge >= 0.3 is 0 Å². The fourth-order valence-electron chi connectivity index (χ4n) is 3.63. The van der Waals surface area contributed by atoms with Crippen molar-refractivity contribution in [3.8, 4) is 0 Å². The minimum atomic E-state index is 0.540. The number of anilines is 1. The van der Waals surface area contributed by atoms with Crippen molar-refractivity contribution in [3.05, 3.63) is 29.8 Å². The van der Waals surface area contributed by atoms with Crippen LogP contribution in [0.5, 0.6) is 0 Å². The Morgan fingerprint density at radius 3 is 2.84 bits per heavy atom. The Hall–Kier alpha value is -1.51. The second-order valence-corrected chi connectivity index (χ2v) is 6.01. The van der Waals surface area contributed by atoms with Crippen molar-refractivity contribution in [2.24, 2.45) is 10.9 Å². The molecule has 2 heterocycles. The van der Waals surface area contributed by atoms with E-state index in [9.17, 15) is 0 Å². The topological polar surface area (TPSA) is 27.6 Å². The molecule has 2 aliphatic heterocycles. The number of nitrogens with one attached hydrogen (secondary N) is 1. The minimum Gasteiger partial charge on any atom is -0.372 e. The lowest BCUT2D eigenvalue weighted by atomic mass is 9.85. The van der Waals surface area contributed by atoms with E-state index in [4.69, 9.17) is 0 Å². The quantitative estimate of drug-likeness (QED) is 0.877. The first-order valence-corrected chi connectivity index (χ1v) is 7.49. The molecule has 1 aromatic rings. The first-order valence-electron chi connectivity index (χ1n) is 7.49. The second-order valence-electron chi connectivity index (χ2n) is 6.01. The van der Waals surface area contributed by atoms with E-state index < -0.39 is 0 Å². The Kier molecular flexibility index (Phi) is 2.54. The molecule has 0 bridgehead atoms. The maximum Gasteiger partial charge on any atom is 0.102 e. The summed E-state index contributed by atoms with van der Waals surface area (Å²) < 4.78 is 0. The van der Waals surface area contributed by atoms with E-state index in [1.54, 1.807) is 0 Å². The molecule has 0 radical (unpaired) electrons. The monoisotopic (exact) mass is 255 g/mol. The number of amidine groups is 1. The van der Waals surface area contributed by atoms with Crippen LogP contribution in [-0.4, -0.2) is 31.0 Å². The van der Waals surface area contributed by atoms with Crippen LogP contribution in [-0.2, 0) is 6.42 Å². The van der Waals surface area contributed by atoms with Crippen molar-refractivity contribution < 1.29 is 0 Å². The summed E-state index contributed by atoms with van der Waals surface area (Å²) in [5.41, 5.74) is 2.96. The average molecular weight is 255 g/mol. The van der Waals surface area contributed by atoms with Gasteiger partial charge in [-0.1, -0.05) is 18.2 Å². The number of fused-ring (bicyclic) bond motifs is 1. The van der Waals surface area contributed by atoms with Gasteiger partial charge in [-0.3, -0.25) is 4.99 Å². The molecular weight excluding hydrogens is 234 g/mol. The van der Waals surface area contributed by atoms with Crippen molar-refractivity contribution >= 4 is 11.5 Å². The maximum atomic E-state index is 4.68. The number of rotatable bonds is 2. The van der Waals surface area contributed by atoms with Crippen LogP contribution >= 0.6 is 0 Å². The first-order chi connectivity index (χ1) is 9.34. The molecule has 1 aliphatic carbocycles. The Bertz CT molecular complexity index is 518. The van der Waals surface area contributed by atoms with E-state index in [1.165, 1.54) is 29.9 Å². The highest BCUT2D eigenvalue weighted by Crippen LogP contribution is 2.41. The summed E-state index contributed by atoms with van der Waals surface area (Å²) in [7, 11) is 0. The van der Waals surface area contributed by atoms with Gasteiger partial charge in [0.15, 0.2) is 0 Å². The molecule has 2 unspecified atom stereocenters. The van der Waals surface area contributed by atoms with Gasteiger partial charge < -0.3 is 10.2 Å². The zero-order valence-corrected chi connectivity index (χ0v) is 11.5. The summed E-state index contributed by atoms with van der Waals surface area (Å²) in [6, 6.07) is 10.3. The van der Waals surface area contributed by atoms with Gasteiger partial charge in [0.05, 0.1) is 6.54 Å². The Morgan fingerprint density at radius 2 is 2.11 bits per heavy atom. The highest BCUT2D eigenvalue weighted by molar-refractivity contribution is 5.88. The molecule has 1 N–H and O–H groups in total. The van der Waals surface area contributed by atoms with E-state index in [0.717, 1.165) is 25.6 Å². The SMILES string of the molecule is CC1C(C2=NCCN2)Cc2ccccc2N1C1CC1. The molecule has 3 heteroatoms. The number of hydrogen-bond acceptors (Lipinski definition) is 3. The summed E-state index contributed by atoms with van der Waals surface area (Å²) in [6.45, 7) is 4.34. The molecule has 1 aromatic carbocycles. The molecule has 2 atom stereocenters. The predicted octanol–water partition coefficient (Wildman–Crippen LogP) is 2.22. The van der Waals surface area contributed by atoms with E-state index in [-0.39, 0.29) is 0 Å².